The molecule has 0 saturated carbocycles. The number of aryl methyl sites for hydroxylation is 1. The fourth-order valence-corrected chi connectivity index (χ4v) is 1.18. The molecule has 0 spiro atoms. The normalized spacial score (nSPS) is 9.06. The van der Waals surface area contributed by atoms with Crippen molar-refractivity contribution in [2.75, 3.05) is 7.11 Å². The van der Waals surface area contributed by atoms with E-state index in [1.54, 1.807) is 19.1 Å². The zero-order valence-electron chi connectivity index (χ0n) is 9.52. The lowest BCUT2D eigenvalue weighted by molar-refractivity contribution is -0.385. The maximum Gasteiger partial charge on any atom is 0.317 e. The lowest BCUT2D eigenvalue weighted by Crippen LogP contribution is -1.97. The number of methoxy groups -OCH3 is 1. The van der Waals surface area contributed by atoms with Crippen molar-refractivity contribution in [2.24, 2.45) is 0 Å². The largest absolute Gasteiger partial charge is 0.468 e. The topological polar surface area (TPSA) is 69.4 Å². The lowest BCUT2D eigenvalue weighted by Gasteiger charge is -1.97. The molecule has 0 fully saturated rings. The predicted molar refractivity (Wildman–Crippen MR) is 61.3 cm³/mol. The van der Waals surface area contributed by atoms with Crippen LogP contribution >= 0.6 is 0 Å². The first kappa shape index (κ1) is 12.7. The van der Waals surface area contributed by atoms with Crippen LogP contribution in [0.15, 0.2) is 18.2 Å². The molecule has 1 aromatic rings. The number of carbonyl (C=O) groups excluding carboxylic acids is 1. The first-order valence-corrected chi connectivity index (χ1v) is 4.85. The molecule has 17 heavy (non-hydrogen) atoms. The van der Waals surface area contributed by atoms with E-state index in [1.807, 2.05) is 0 Å². The minimum Gasteiger partial charge on any atom is -0.468 e. The summed E-state index contributed by atoms with van der Waals surface area (Å²) >= 11 is 0. The van der Waals surface area contributed by atoms with Gasteiger partial charge in [-0.3, -0.25) is 14.9 Å². The van der Waals surface area contributed by atoms with Crippen LogP contribution in [0.2, 0.25) is 0 Å². The smallest absolute Gasteiger partial charge is 0.317 e. The maximum atomic E-state index is 10.8. The van der Waals surface area contributed by atoms with Gasteiger partial charge >= 0.3 is 5.97 Å². The number of hydrogen-bond acceptors (Lipinski definition) is 4. The second-order valence-corrected chi connectivity index (χ2v) is 3.33. The van der Waals surface area contributed by atoms with Gasteiger partial charge in [-0.05, 0) is 18.6 Å². The van der Waals surface area contributed by atoms with Gasteiger partial charge in [-0.25, -0.2) is 0 Å². The number of esters is 1. The summed E-state index contributed by atoms with van der Waals surface area (Å²) in [4.78, 5) is 21.1. The van der Waals surface area contributed by atoms with Gasteiger partial charge in [0, 0.05) is 6.07 Å². The van der Waals surface area contributed by atoms with Crippen molar-refractivity contribution in [3.05, 3.63) is 39.4 Å². The molecular formula is C12H11NO4. The number of rotatable bonds is 2. The number of nitro benzene ring substituents is 1. The zero-order valence-corrected chi connectivity index (χ0v) is 9.52. The van der Waals surface area contributed by atoms with Crippen LogP contribution in [-0.4, -0.2) is 18.0 Å². The molecule has 1 aromatic carbocycles. The van der Waals surface area contributed by atoms with E-state index in [2.05, 4.69) is 16.6 Å². The summed E-state index contributed by atoms with van der Waals surface area (Å²) in [6, 6.07) is 4.75. The molecule has 0 aliphatic heterocycles. The minimum atomic E-state index is -0.491. The van der Waals surface area contributed by atoms with Crippen molar-refractivity contribution >= 4 is 11.7 Å². The fourth-order valence-electron chi connectivity index (χ4n) is 1.18. The molecule has 0 N–H and O–H groups in total. The second-order valence-electron chi connectivity index (χ2n) is 3.33. The first-order chi connectivity index (χ1) is 8.04. The number of nitrogens with zero attached hydrogens (tertiary/aromatic N) is 1. The van der Waals surface area contributed by atoms with E-state index >= 15 is 0 Å². The summed E-state index contributed by atoms with van der Waals surface area (Å²) < 4.78 is 4.41. The highest BCUT2D eigenvalue weighted by Gasteiger charge is 2.11. The van der Waals surface area contributed by atoms with Gasteiger partial charge in [0.05, 0.1) is 12.0 Å². The average molecular weight is 233 g/mol. The Morgan fingerprint density at radius 2 is 2.24 bits per heavy atom. The Kier molecular flexibility index (Phi) is 4.23. The first-order valence-electron chi connectivity index (χ1n) is 4.85. The van der Waals surface area contributed by atoms with E-state index in [9.17, 15) is 14.9 Å². The summed E-state index contributed by atoms with van der Waals surface area (Å²) in [6.45, 7) is 1.76. The van der Waals surface area contributed by atoms with Crippen molar-refractivity contribution in [1.29, 1.82) is 0 Å². The van der Waals surface area contributed by atoms with E-state index in [1.165, 1.54) is 13.2 Å². The molecule has 0 aromatic heterocycles. The third kappa shape index (κ3) is 3.61. The van der Waals surface area contributed by atoms with Crippen molar-refractivity contribution in [3.63, 3.8) is 0 Å². The van der Waals surface area contributed by atoms with E-state index in [0.717, 1.165) is 5.56 Å². The molecule has 0 radical (unpaired) electrons. The molecule has 1 rings (SSSR count). The SMILES string of the molecule is COC(=O)CC#Cc1ccc(C)cc1[N+](=O)[O-]. The van der Waals surface area contributed by atoms with Crippen LogP contribution in [0, 0.1) is 28.9 Å². The Labute approximate surface area is 98.5 Å². The van der Waals surface area contributed by atoms with Crippen molar-refractivity contribution in [1.82, 2.24) is 0 Å². The fraction of sp³-hybridized carbons (Fsp3) is 0.250. The van der Waals surface area contributed by atoms with Gasteiger partial charge in [-0.1, -0.05) is 17.9 Å². The van der Waals surface area contributed by atoms with Crippen molar-refractivity contribution in [3.8, 4) is 11.8 Å². The molecule has 5 nitrogen and oxygen atoms in total. The molecule has 0 unspecified atom stereocenters. The van der Waals surface area contributed by atoms with Crippen LogP contribution in [0.5, 0.6) is 0 Å². The zero-order chi connectivity index (χ0) is 12.8. The van der Waals surface area contributed by atoms with Gasteiger partial charge in [0.25, 0.3) is 5.69 Å². The summed E-state index contributed by atoms with van der Waals surface area (Å²) in [5, 5.41) is 10.8. The van der Waals surface area contributed by atoms with E-state index in [-0.39, 0.29) is 12.1 Å². The Balaban J connectivity index is 2.98. The van der Waals surface area contributed by atoms with Crippen LogP contribution in [0.4, 0.5) is 5.69 Å². The molecule has 0 amide bonds. The van der Waals surface area contributed by atoms with E-state index < -0.39 is 10.9 Å². The van der Waals surface area contributed by atoms with Crippen LogP contribution in [0.3, 0.4) is 0 Å². The summed E-state index contributed by atoms with van der Waals surface area (Å²) in [5.74, 6) is 4.67. The highest BCUT2D eigenvalue weighted by molar-refractivity contribution is 5.72. The van der Waals surface area contributed by atoms with Crippen LogP contribution < -0.4 is 0 Å². The van der Waals surface area contributed by atoms with Gasteiger partial charge in [0.15, 0.2) is 0 Å². The number of hydrogen-bond donors (Lipinski definition) is 0. The molecular weight excluding hydrogens is 222 g/mol. The van der Waals surface area contributed by atoms with Gasteiger partial charge < -0.3 is 4.74 Å². The third-order valence-corrected chi connectivity index (χ3v) is 2.03. The van der Waals surface area contributed by atoms with Crippen LogP contribution in [0.25, 0.3) is 0 Å². The molecule has 88 valence electrons. The number of carbonyl (C=O) groups is 1. The Hall–Kier alpha value is -2.35. The Morgan fingerprint density at radius 1 is 1.53 bits per heavy atom. The van der Waals surface area contributed by atoms with Gasteiger partial charge in [0.2, 0.25) is 0 Å². The summed E-state index contributed by atoms with van der Waals surface area (Å²) in [5.41, 5.74) is 1.03. The van der Waals surface area contributed by atoms with E-state index in [4.69, 9.17) is 0 Å². The van der Waals surface area contributed by atoms with Gasteiger partial charge in [-0.2, -0.15) is 0 Å². The third-order valence-electron chi connectivity index (χ3n) is 2.03. The quantitative estimate of drug-likeness (QED) is 0.338. The van der Waals surface area contributed by atoms with Crippen LogP contribution in [-0.2, 0) is 9.53 Å². The summed E-state index contributed by atoms with van der Waals surface area (Å²) in [6.07, 6.45) is -0.0818. The molecule has 0 aliphatic carbocycles. The molecule has 0 saturated heterocycles. The van der Waals surface area contributed by atoms with Gasteiger partial charge in [0.1, 0.15) is 12.0 Å². The Bertz CT molecular complexity index is 511. The minimum absolute atomic E-state index is 0.0534. The molecule has 0 heterocycles. The second kappa shape index (κ2) is 5.66. The lowest BCUT2D eigenvalue weighted by atomic mass is 10.1. The molecule has 0 bridgehead atoms. The van der Waals surface area contributed by atoms with Crippen molar-refractivity contribution in [2.45, 2.75) is 13.3 Å². The monoisotopic (exact) mass is 233 g/mol. The number of ether oxygens (including phenoxy) is 1. The Morgan fingerprint density at radius 3 is 2.82 bits per heavy atom. The highest BCUT2D eigenvalue weighted by atomic mass is 16.6. The predicted octanol–water partition coefficient (Wildman–Crippen LogP) is 1.82. The standard InChI is InChI=1S/C12H11NO4/c1-9-6-7-10(11(8-9)13(15)16)4-3-5-12(14)17-2/h6-8H,5H2,1-2H3. The van der Waals surface area contributed by atoms with Crippen LogP contribution in [0.1, 0.15) is 17.5 Å². The average Bonchev–Trinajstić information content (AvgIpc) is 2.30. The molecule has 0 atom stereocenters. The highest BCUT2D eigenvalue weighted by Crippen LogP contribution is 2.18. The van der Waals surface area contributed by atoms with Crippen molar-refractivity contribution < 1.29 is 14.5 Å². The number of nitro groups is 1. The summed E-state index contributed by atoms with van der Waals surface area (Å²) in [7, 11) is 1.26. The molecule has 5 heteroatoms. The number of benzene rings is 1. The van der Waals surface area contributed by atoms with E-state index in [0.29, 0.717) is 5.56 Å². The molecule has 0 aliphatic rings. The van der Waals surface area contributed by atoms with Gasteiger partial charge in [-0.15, -0.1) is 0 Å². The maximum absolute atomic E-state index is 10.8.